The predicted octanol–water partition coefficient (Wildman–Crippen LogP) is 12.6. The minimum absolute atomic E-state index is 0.140. The first-order valence-corrected chi connectivity index (χ1v) is 18.3. The second-order valence-corrected chi connectivity index (χ2v) is 16.0. The van der Waals surface area contributed by atoms with Crippen LogP contribution in [0.4, 0.5) is 17.6 Å². The van der Waals surface area contributed by atoms with Crippen LogP contribution in [0, 0.1) is 34.1 Å². The molecule has 4 aliphatic carbocycles. The number of allylic oxidation sites excluding steroid dienone is 8. The van der Waals surface area contributed by atoms with Crippen molar-refractivity contribution in [1.29, 1.82) is 0 Å². The Balaban J connectivity index is 1.63. The van der Waals surface area contributed by atoms with Gasteiger partial charge in [-0.15, -0.1) is 0 Å². The molecule has 4 aromatic rings. The van der Waals surface area contributed by atoms with Crippen LogP contribution in [0.15, 0.2) is 118 Å². The molecule has 2 aromatic heterocycles. The second-order valence-electron chi connectivity index (χ2n) is 16.0. The zero-order valence-electron chi connectivity index (χ0n) is 30.5. The van der Waals surface area contributed by atoms with E-state index in [1.165, 1.54) is 46.6 Å². The maximum atomic E-state index is 18.2. The zero-order chi connectivity index (χ0) is 36.0. The number of aromatic nitrogens is 2. The molecule has 264 valence electrons. The standard InChI is InChI=1S/C45H46F4N2/c1-27-25-43(5,26-28(2)34-15-14-33(27)34)45(44(6)29(3)31-12-11-13-32(24-31)30(44)4,39-35(46)16-18-37(41(39)48)50-20-7-8-21-50)40-36(47)17-19-38(42(40)49)51-22-9-10-23-51/h7-10,16-23H,11-15,24-26H2,1-6H3. The molecule has 2 nitrogen and oxygen atoms in total. The summed E-state index contributed by atoms with van der Waals surface area (Å²) in [6, 6.07) is 12.6. The van der Waals surface area contributed by atoms with Crippen molar-refractivity contribution in [2.24, 2.45) is 10.8 Å². The second kappa shape index (κ2) is 11.9. The molecule has 2 bridgehead atoms. The van der Waals surface area contributed by atoms with Crippen LogP contribution in [0.2, 0.25) is 0 Å². The van der Waals surface area contributed by atoms with Gasteiger partial charge < -0.3 is 9.13 Å². The summed E-state index contributed by atoms with van der Waals surface area (Å²) >= 11 is 0. The molecule has 4 aliphatic rings. The number of halogens is 4. The summed E-state index contributed by atoms with van der Waals surface area (Å²) < 4.78 is 74.8. The van der Waals surface area contributed by atoms with Crippen LogP contribution >= 0.6 is 0 Å². The maximum absolute atomic E-state index is 18.2. The first-order chi connectivity index (χ1) is 24.3. The molecule has 0 aliphatic heterocycles. The molecule has 0 unspecified atom stereocenters. The van der Waals surface area contributed by atoms with Crippen LogP contribution in [0.1, 0.15) is 104 Å². The molecule has 2 aromatic carbocycles. The number of benzene rings is 2. The van der Waals surface area contributed by atoms with Gasteiger partial charge in [-0.05, 0) is 144 Å². The van der Waals surface area contributed by atoms with E-state index in [9.17, 15) is 0 Å². The first-order valence-electron chi connectivity index (χ1n) is 18.3. The summed E-state index contributed by atoms with van der Waals surface area (Å²) in [6.07, 6.45) is 13.0. The summed E-state index contributed by atoms with van der Waals surface area (Å²) in [5.74, 6) is -3.20. The third-order valence-electron chi connectivity index (χ3n) is 13.6. The van der Waals surface area contributed by atoms with E-state index in [0.717, 1.165) is 60.8 Å². The molecule has 0 N–H and O–H groups in total. The smallest absolute Gasteiger partial charge is 0.154 e. The quantitative estimate of drug-likeness (QED) is 0.141. The van der Waals surface area contributed by atoms with Crippen molar-refractivity contribution in [1.82, 2.24) is 9.13 Å². The van der Waals surface area contributed by atoms with Crippen molar-refractivity contribution in [2.45, 2.75) is 98.3 Å². The van der Waals surface area contributed by atoms with Crippen molar-refractivity contribution in [3.05, 3.63) is 152 Å². The molecule has 2 fully saturated rings. The topological polar surface area (TPSA) is 9.86 Å². The number of hydrogen-bond donors (Lipinski definition) is 0. The summed E-state index contributed by atoms with van der Waals surface area (Å²) in [4.78, 5) is 0. The number of hydrogen-bond acceptors (Lipinski definition) is 0. The largest absolute Gasteiger partial charge is 0.321 e. The van der Waals surface area contributed by atoms with Crippen molar-refractivity contribution in [3.63, 3.8) is 0 Å². The molecule has 8 rings (SSSR count). The third kappa shape index (κ3) is 4.53. The van der Waals surface area contributed by atoms with Gasteiger partial charge in [0.25, 0.3) is 0 Å². The van der Waals surface area contributed by atoms with E-state index >= 15 is 17.6 Å². The van der Waals surface area contributed by atoms with Crippen LogP contribution in [0.5, 0.6) is 0 Å². The molecule has 2 saturated carbocycles. The average molecular weight is 691 g/mol. The van der Waals surface area contributed by atoms with Crippen LogP contribution in [-0.2, 0) is 5.41 Å². The van der Waals surface area contributed by atoms with Gasteiger partial charge >= 0.3 is 0 Å². The van der Waals surface area contributed by atoms with Crippen molar-refractivity contribution in [3.8, 4) is 11.4 Å². The van der Waals surface area contributed by atoms with Crippen molar-refractivity contribution in [2.75, 3.05) is 0 Å². The minimum Gasteiger partial charge on any atom is -0.321 e. The van der Waals surface area contributed by atoms with Gasteiger partial charge in [0.2, 0.25) is 0 Å². The number of rotatable bonds is 6. The summed E-state index contributed by atoms with van der Waals surface area (Å²) in [5.41, 5.74) is 4.68. The molecular weight excluding hydrogens is 645 g/mol. The molecule has 6 heteroatoms. The molecular formula is C45H46F4N2. The molecule has 0 saturated heterocycles. The third-order valence-corrected chi connectivity index (χ3v) is 13.6. The highest BCUT2D eigenvalue weighted by Gasteiger charge is 2.67. The summed E-state index contributed by atoms with van der Waals surface area (Å²) in [7, 11) is 0. The van der Waals surface area contributed by atoms with Crippen LogP contribution in [0.3, 0.4) is 0 Å². The Morgan fingerprint density at radius 3 is 1.39 bits per heavy atom. The highest BCUT2D eigenvalue weighted by molar-refractivity contribution is 5.63. The van der Waals surface area contributed by atoms with E-state index < -0.39 is 39.5 Å². The van der Waals surface area contributed by atoms with E-state index in [1.807, 2.05) is 6.92 Å². The highest BCUT2D eigenvalue weighted by Crippen LogP contribution is 2.71. The van der Waals surface area contributed by atoms with Crippen LogP contribution in [0.25, 0.3) is 11.4 Å². The Bertz CT molecular complexity index is 2060. The van der Waals surface area contributed by atoms with Gasteiger partial charge in [0, 0.05) is 41.3 Å². The van der Waals surface area contributed by atoms with Crippen LogP contribution in [-0.4, -0.2) is 9.13 Å². The molecule has 0 atom stereocenters. The Morgan fingerprint density at radius 2 is 1.00 bits per heavy atom. The average Bonchev–Trinajstić information content (AvgIpc) is 3.80. The van der Waals surface area contributed by atoms with Gasteiger partial charge in [-0.25, -0.2) is 17.6 Å². The van der Waals surface area contributed by atoms with E-state index in [0.29, 0.717) is 12.8 Å². The van der Waals surface area contributed by atoms with E-state index in [2.05, 4.69) is 34.6 Å². The van der Waals surface area contributed by atoms with E-state index in [4.69, 9.17) is 0 Å². The Kier molecular flexibility index (Phi) is 7.86. The molecule has 0 amide bonds. The van der Waals surface area contributed by atoms with Gasteiger partial charge in [0.05, 0.1) is 16.8 Å². The van der Waals surface area contributed by atoms with Crippen molar-refractivity contribution < 1.29 is 17.6 Å². The van der Waals surface area contributed by atoms with Crippen molar-refractivity contribution >= 4 is 0 Å². The molecule has 0 radical (unpaired) electrons. The molecule has 0 spiro atoms. The lowest BCUT2D eigenvalue weighted by Gasteiger charge is -2.62. The SMILES string of the molecule is CC1=C2CCC2=C(C)CC(C)(C(c2c(F)ccc(-n3cccc3)c2F)(c2c(F)ccc(-n3cccc3)c2F)C2(C)C(C)=C3CCCC(=C2C)C3)C1. The Hall–Kier alpha value is -4.32. The normalized spacial score (nSPS) is 20.1. The fourth-order valence-electron chi connectivity index (χ4n) is 11.2. The van der Waals surface area contributed by atoms with Gasteiger partial charge in [-0.1, -0.05) is 47.3 Å². The van der Waals surface area contributed by atoms with Gasteiger partial charge in [0.1, 0.15) is 11.6 Å². The summed E-state index contributed by atoms with van der Waals surface area (Å²) in [6.45, 7) is 12.4. The summed E-state index contributed by atoms with van der Waals surface area (Å²) in [5, 5.41) is 0. The molecule has 51 heavy (non-hydrogen) atoms. The lowest BCUT2D eigenvalue weighted by molar-refractivity contribution is 0.0637. The fraction of sp³-hybridized carbons (Fsp3) is 0.378. The van der Waals surface area contributed by atoms with Crippen LogP contribution < -0.4 is 0 Å². The first kappa shape index (κ1) is 33.8. The van der Waals surface area contributed by atoms with Gasteiger partial charge in [-0.3, -0.25) is 0 Å². The number of fused-ring (bicyclic) bond motifs is 3. The fourth-order valence-corrected chi connectivity index (χ4v) is 11.2. The van der Waals surface area contributed by atoms with Gasteiger partial charge in [0.15, 0.2) is 11.6 Å². The zero-order valence-corrected chi connectivity index (χ0v) is 30.5. The maximum Gasteiger partial charge on any atom is 0.154 e. The van der Waals surface area contributed by atoms with Gasteiger partial charge in [-0.2, -0.15) is 0 Å². The predicted molar refractivity (Wildman–Crippen MR) is 196 cm³/mol. The lowest BCUT2D eigenvalue weighted by atomic mass is 9.39. The molecule has 2 heterocycles. The Morgan fingerprint density at radius 1 is 0.588 bits per heavy atom. The van der Waals surface area contributed by atoms with E-state index in [1.54, 1.807) is 58.2 Å². The lowest BCUT2D eigenvalue weighted by Crippen LogP contribution is -2.60. The monoisotopic (exact) mass is 690 g/mol. The minimum atomic E-state index is -1.90. The Labute approximate surface area is 298 Å². The number of nitrogens with zero attached hydrogens (tertiary/aromatic N) is 2. The highest BCUT2D eigenvalue weighted by atomic mass is 19.1. The van der Waals surface area contributed by atoms with E-state index in [-0.39, 0.29) is 22.5 Å².